The Bertz CT molecular complexity index is 535. The molecular weight excluding hydrogens is 305 g/mol. The van der Waals surface area contributed by atoms with Gasteiger partial charge in [-0.1, -0.05) is 18.2 Å². The summed E-state index contributed by atoms with van der Waals surface area (Å²) in [5.41, 5.74) is 0.790. The van der Waals surface area contributed by atoms with Crippen LogP contribution in [0.25, 0.3) is 0 Å². The number of hydrogen-bond donors (Lipinski definition) is 0. The van der Waals surface area contributed by atoms with Gasteiger partial charge in [-0.25, -0.2) is 4.39 Å². The van der Waals surface area contributed by atoms with Gasteiger partial charge in [-0.2, -0.15) is 0 Å². The minimum absolute atomic E-state index is 0.111. The molecule has 0 aromatic heterocycles. The molecule has 1 fully saturated rings. The third-order valence-corrected chi connectivity index (χ3v) is 4.67. The molecule has 1 saturated heterocycles. The maximum Gasteiger partial charge on any atom is 0.236 e. The summed E-state index contributed by atoms with van der Waals surface area (Å²) in [5, 5.41) is 0. The van der Waals surface area contributed by atoms with Gasteiger partial charge in [0.25, 0.3) is 0 Å². The highest BCUT2D eigenvalue weighted by atomic mass is 19.1. The molecule has 1 heterocycles. The summed E-state index contributed by atoms with van der Waals surface area (Å²) < 4.78 is 13.7. The predicted molar refractivity (Wildman–Crippen MR) is 95.5 cm³/mol. The number of likely N-dealkylation sites (tertiary alicyclic amines) is 1. The van der Waals surface area contributed by atoms with Gasteiger partial charge in [0.1, 0.15) is 5.82 Å². The molecule has 1 aliphatic rings. The lowest BCUT2D eigenvalue weighted by Crippen LogP contribution is -2.44. The van der Waals surface area contributed by atoms with E-state index in [2.05, 4.69) is 4.90 Å². The molecule has 1 unspecified atom stereocenters. The van der Waals surface area contributed by atoms with Crippen LogP contribution in [0.2, 0.25) is 0 Å². The van der Waals surface area contributed by atoms with Crippen LogP contribution in [0.5, 0.6) is 0 Å². The zero-order valence-corrected chi connectivity index (χ0v) is 15.2. The lowest BCUT2D eigenvalue weighted by atomic mass is 9.97. The topological polar surface area (TPSA) is 26.8 Å². The molecule has 2 rings (SSSR count). The van der Waals surface area contributed by atoms with Crippen molar-refractivity contribution in [2.75, 3.05) is 53.9 Å². The van der Waals surface area contributed by atoms with Crippen LogP contribution < -0.4 is 0 Å². The van der Waals surface area contributed by atoms with Crippen molar-refractivity contribution < 1.29 is 9.18 Å². The number of carbonyl (C=O) groups excluding carboxylic acids is 1. The minimum Gasteiger partial charge on any atom is -0.344 e. The van der Waals surface area contributed by atoms with E-state index in [1.807, 2.05) is 43.1 Å². The van der Waals surface area contributed by atoms with Crippen molar-refractivity contribution in [2.45, 2.75) is 19.3 Å². The number of benzene rings is 1. The van der Waals surface area contributed by atoms with Crippen molar-refractivity contribution in [3.8, 4) is 0 Å². The summed E-state index contributed by atoms with van der Waals surface area (Å²) in [6.07, 6.45) is 3.06. The Morgan fingerprint density at radius 1 is 1.29 bits per heavy atom. The molecule has 1 amide bonds. The molecule has 0 spiro atoms. The second-order valence-corrected chi connectivity index (χ2v) is 7.16. The fourth-order valence-electron chi connectivity index (χ4n) is 3.36. The second-order valence-electron chi connectivity index (χ2n) is 7.16. The van der Waals surface area contributed by atoms with E-state index in [0.717, 1.165) is 51.0 Å². The van der Waals surface area contributed by atoms with Crippen LogP contribution in [0.15, 0.2) is 24.3 Å². The van der Waals surface area contributed by atoms with E-state index >= 15 is 0 Å². The standard InChI is InChI=1S/C19H30FN3O/c1-21(2)15-19(24)22(3)13-16-7-6-11-23(14-16)12-10-17-8-4-5-9-18(17)20/h4-5,8-9,16H,6-7,10-15H2,1-3H3. The summed E-state index contributed by atoms with van der Waals surface area (Å²) in [6.45, 7) is 4.21. The first-order valence-electron chi connectivity index (χ1n) is 8.80. The molecule has 1 aromatic rings. The summed E-state index contributed by atoms with van der Waals surface area (Å²) in [5.74, 6) is 0.569. The maximum absolute atomic E-state index is 13.7. The van der Waals surface area contributed by atoms with Crippen molar-refractivity contribution >= 4 is 5.91 Å². The molecule has 1 aromatic carbocycles. The SMILES string of the molecule is CN(C)CC(=O)N(C)CC1CCCN(CCc2ccccc2F)C1. The first-order chi connectivity index (χ1) is 11.5. The smallest absolute Gasteiger partial charge is 0.236 e. The van der Waals surface area contributed by atoms with Crippen molar-refractivity contribution in [3.63, 3.8) is 0 Å². The van der Waals surface area contributed by atoms with E-state index < -0.39 is 0 Å². The molecule has 24 heavy (non-hydrogen) atoms. The van der Waals surface area contributed by atoms with Gasteiger partial charge in [-0.15, -0.1) is 0 Å². The number of rotatable bonds is 7. The third kappa shape index (κ3) is 5.87. The molecule has 0 N–H and O–H groups in total. The summed E-state index contributed by atoms with van der Waals surface area (Å²) in [4.78, 5) is 18.2. The van der Waals surface area contributed by atoms with Gasteiger partial charge >= 0.3 is 0 Å². The number of likely N-dealkylation sites (N-methyl/N-ethyl adjacent to an activating group) is 2. The average molecular weight is 335 g/mol. The van der Waals surface area contributed by atoms with Crippen molar-refractivity contribution in [1.29, 1.82) is 0 Å². The number of carbonyl (C=O) groups is 1. The normalized spacial score (nSPS) is 18.8. The zero-order valence-electron chi connectivity index (χ0n) is 15.2. The first kappa shape index (κ1) is 18.9. The summed E-state index contributed by atoms with van der Waals surface area (Å²) in [7, 11) is 5.72. The number of piperidine rings is 1. The van der Waals surface area contributed by atoms with Gasteiger partial charge in [-0.05, 0) is 57.5 Å². The summed E-state index contributed by atoms with van der Waals surface area (Å²) >= 11 is 0. The maximum atomic E-state index is 13.7. The molecule has 0 radical (unpaired) electrons. The molecule has 1 atom stereocenters. The Morgan fingerprint density at radius 3 is 2.75 bits per heavy atom. The monoisotopic (exact) mass is 335 g/mol. The molecule has 4 nitrogen and oxygen atoms in total. The largest absolute Gasteiger partial charge is 0.344 e. The van der Waals surface area contributed by atoms with E-state index in [0.29, 0.717) is 12.5 Å². The van der Waals surface area contributed by atoms with Crippen LogP contribution >= 0.6 is 0 Å². The lowest BCUT2D eigenvalue weighted by Gasteiger charge is -2.35. The first-order valence-corrected chi connectivity index (χ1v) is 8.80. The van der Waals surface area contributed by atoms with Crippen molar-refractivity contribution in [1.82, 2.24) is 14.7 Å². The fraction of sp³-hybridized carbons (Fsp3) is 0.632. The van der Waals surface area contributed by atoms with Crippen molar-refractivity contribution in [3.05, 3.63) is 35.6 Å². The minimum atomic E-state index is -0.111. The number of hydrogen-bond acceptors (Lipinski definition) is 3. The van der Waals surface area contributed by atoms with Crippen LogP contribution in [0.1, 0.15) is 18.4 Å². The zero-order chi connectivity index (χ0) is 17.5. The number of amides is 1. The van der Waals surface area contributed by atoms with Gasteiger partial charge in [0.05, 0.1) is 6.54 Å². The average Bonchev–Trinajstić information content (AvgIpc) is 2.54. The molecule has 0 aliphatic carbocycles. The molecular formula is C19H30FN3O. The molecule has 134 valence electrons. The van der Waals surface area contributed by atoms with Gasteiger partial charge in [-0.3, -0.25) is 4.79 Å². The van der Waals surface area contributed by atoms with Crippen LogP contribution in [-0.2, 0) is 11.2 Å². The number of nitrogens with zero attached hydrogens (tertiary/aromatic N) is 3. The molecule has 5 heteroatoms. The van der Waals surface area contributed by atoms with Gasteiger partial charge < -0.3 is 14.7 Å². The molecule has 1 aliphatic heterocycles. The Hall–Kier alpha value is -1.46. The van der Waals surface area contributed by atoms with Crippen molar-refractivity contribution in [2.24, 2.45) is 5.92 Å². The van der Waals surface area contributed by atoms with E-state index in [-0.39, 0.29) is 11.7 Å². The highest BCUT2D eigenvalue weighted by Gasteiger charge is 2.22. The quantitative estimate of drug-likeness (QED) is 0.763. The highest BCUT2D eigenvalue weighted by Crippen LogP contribution is 2.18. The summed E-state index contributed by atoms with van der Waals surface area (Å²) in [6, 6.07) is 7.02. The predicted octanol–water partition coefficient (Wildman–Crippen LogP) is 2.10. The van der Waals surface area contributed by atoms with Crippen LogP contribution in [-0.4, -0.2) is 74.5 Å². The fourth-order valence-corrected chi connectivity index (χ4v) is 3.36. The van der Waals surface area contributed by atoms with Crippen LogP contribution in [0, 0.1) is 11.7 Å². The molecule has 0 bridgehead atoms. The van der Waals surface area contributed by atoms with Crippen LogP contribution in [0.4, 0.5) is 4.39 Å². The van der Waals surface area contributed by atoms with Gasteiger partial charge in [0, 0.05) is 26.7 Å². The van der Waals surface area contributed by atoms with E-state index in [9.17, 15) is 9.18 Å². The number of halogens is 1. The Morgan fingerprint density at radius 2 is 2.04 bits per heavy atom. The molecule has 0 saturated carbocycles. The van der Waals surface area contributed by atoms with Gasteiger partial charge in [0.15, 0.2) is 0 Å². The third-order valence-electron chi connectivity index (χ3n) is 4.67. The van der Waals surface area contributed by atoms with E-state index in [1.165, 1.54) is 6.07 Å². The Labute approximate surface area is 145 Å². The highest BCUT2D eigenvalue weighted by molar-refractivity contribution is 5.77. The van der Waals surface area contributed by atoms with E-state index in [1.54, 1.807) is 6.07 Å². The Balaban J connectivity index is 1.79. The van der Waals surface area contributed by atoms with Crippen LogP contribution in [0.3, 0.4) is 0 Å². The van der Waals surface area contributed by atoms with E-state index in [4.69, 9.17) is 0 Å². The second kappa shape index (κ2) is 9.14. The Kier molecular flexibility index (Phi) is 7.18. The lowest BCUT2D eigenvalue weighted by molar-refractivity contribution is -0.131. The van der Waals surface area contributed by atoms with Gasteiger partial charge in [0.2, 0.25) is 5.91 Å².